The Kier molecular flexibility index (Phi) is 8.29. The third-order valence-electron chi connectivity index (χ3n) is 3.68. The van der Waals surface area contributed by atoms with Crippen molar-refractivity contribution in [1.82, 2.24) is 10.2 Å². The van der Waals surface area contributed by atoms with Crippen molar-refractivity contribution in [2.45, 2.75) is 19.8 Å². The molecule has 0 aromatic heterocycles. The summed E-state index contributed by atoms with van der Waals surface area (Å²) in [6.07, 6.45) is 2.37. The van der Waals surface area contributed by atoms with Gasteiger partial charge < -0.3 is 15.5 Å². The average molecular weight is 434 g/mol. The molecule has 0 spiro atoms. The van der Waals surface area contributed by atoms with Gasteiger partial charge in [-0.2, -0.15) is 0 Å². The summed E-state index contributed by atoms with van der Waals surface area (Å²) in [5, 5.41) is 5.72. The van der Waals surface area contributed by atoms with Crippen molar-refractivity contribution >= 4 is 41.5 Å². The van der Waals surface area contributed by atoms with E-state index >= 15 is 0 Å². The molecule has 1 atom stereocenters. The molecule has 1 heterocycles. The number of anilines is 1. The van der Waals surface area contributed by atoms with E-state index in [9.17, 15) is 9.18 Å². The minimum atomic E-state index is -0.371. The van der Waals surface area contributed by atoms with E-state index in [1.807, 2.05) is 0 Å². The van der Waals surface area contributed by atoms with Crippen LogP contribution in [0.4, 0.5) is 10.1 Å². The van der Waals surface area contributed by atoms with Crippen LogP contribution < -0.4 is 10.6 Å². The Morgan fingerprint density at radius 3 is 2.91 bits per heavy atom. The summed E-state index contributed by atoms with van der Waals surface area (Å²) in [5.74, 6) is 0.773. The number of benzene rings is 1. The van der Waals surface area contributed by atoms with Crippen molar-refractivity contribution in [3.63, 3.8) is 0 Å². The van der Waals surface area contributed by atoms with E-state index in [2.05, 4.69) is 27.4 Å². The van der Waals surface area contributed by atoms with Crippen molar-refractivity contribution in [1.29, 1.82) is 0 Å². The Hall–Kier alpha value is -1.38. The summed E-state index contributed by atoms with van der Waals surface area (Å²) < 4.78 is 13.1. The zero-order valence-electron chi connectivity index (χ0n) is 13.5. The van der Waals surface area contributed by atoms with Crippen LogP contribution in [0.5, 0.6) is 0 Å². The van der Waals surface area contributed by atoms with Crippen LogP contribution in [0.15, 0.2) is 29.3 Å². The van der Waals surface area contributed by atoms with Gasteiger partial charge >= 0.3 is 0 Å². The molecule has 1 aliphatic heterocycles. The molecule has 2 N–H and O–H groups in total. The van der Waals surface area contributed by atoms with Crippen molar-refractivity contribution in [3.05, 3.63) is 30.1 Å². The highest BCUT2D eigenvalue weighted by molar-refractivity contribution is 14.0. The maximum absolute atomic E-state index is 13.1. The number of carbonyl (C=O) groups is 1. The second-order valence-electron chi connectivity index (χ2n) is 5.65. The average Bonchev–Trinajstić information content (AvgIpc) is 2.48. The van der Waals surface area contributed by atoms with Crippen LogP contribution in [-0.2, 0) is 4.79 Å². The van der Waals surface area contributed by atoms with Crippen molar-refractivity contribution in [2.24, 2.45) is 10.9 Å². The van der Waals surface area contributed by atoms with Crippen LogP contribution in [-0.4, -0.2) is 43.4 Å². The molecule has 1 saturated heterocycles. The highest BCUT2D eigenvalue weighted by Gasteiger charge is 2.19. The zero-order valence-corrected chi connectivity index (χ0v) is 15.8. The zero-order chi connectivity index (χ0) is 15.9. The molecule has 0 aliphatic carbocycles. The number of guanidine groups is 1. The lowest BCUT2D eigenvalue weighted by Gasteiger charge is -2.33. The van der Waals surface area contributed by atoms with Gasteiger partial charge in [-0.1, -0.05) is 13.0 Å². The van der Waals surface area contributed by atoms with Gasteiger partial charge in [-0.25, -0.2) is 4.39 Å². The minimum absolute atomic E-state index is 0. The molecule has 0 radical (unpaired) electrons. The van der Waals surface area contributed by atoms with E-state index in [4.69, 9.17) is 0 Å². The Balaban J connectivity index is 0.00000264. The van der Waals surface area contributed by atoms with E-state index in [0.717, 1.165) is 25.5 Å². The summed E-state index contributed by atoms with van der Waals surface area (Å²) in [6.45, 7) is 4.23. The van der Waals surface area contributed by atoms with Crippen LogP contribution in [0, 0.1) is 11.7 Å². The van der Waals surface area contributed by atoms with Crippen LogP contribution in [0.3, 0.4) is 0 Å². The number of piperidine rings is 1. The van der Waals surface area contributed by atoms with Gasteiger partial charge in [0.05, 0.1) is 6.54 Å². The predicted molar refractivity (Wildman–Crippen MR) is 102 cm³/mol. The lowest BCUT2D eigenvalue weighted by Crippen LogP contribution is -2.48. The molecule has 1 unspecified atom stereocenters. The van der Waals surface area contributed by atoms with Gasteiger partial charge in [-0.3, -0.25) is 9.79 Å². The fourth-order valence-corrected chi connectivity index (χ4v) is 2.64. The standard InChI is InChI=1S/C16H23FN4O.HI/c1-12-5-4-8-21(11-12)16(18-2)19-10-15(22)20-14-7-3-6-13(17)9-14;/h3,6-7,9,12H,4-5,8,10-11H2,1-2H3,(H,18,19)(H,20,22);1H. The number of rotatable bonds is 3. The highest BCUT2D eigenvalue weighted by Crippen LogP contribution is 2.15. The summed E-state index contributed by atoms with van der Waals surface area (Å²) in [7, 11) is 1.71. The molecule has 7 heteroatoms. The van der Waals surface area contributed by atoms with Gasteiger partial charge in [0.15, 0.2) is 5.96 Å². The first-order valence-electron chi connectivity index (χ1n) is 7.59. The van der Waals surface area contributed by atoms with Gasteiger partial charge in [0, 0.05) is 25.8 Å². The first-order chi connectivity index (χ1) is 10.6. The maximum atomic E-state index is 13.1. The SMILES string of the molecule is CN=C(NCC(=O)Nc1cccc(F)c1)N1CCCC(C)C1.I. The van der Waals surface area contributed by atoms with Crippen molar-refractivity contribution in [3.8, 4) is 0 Å². The first kappa shape index (κ1) is 19.7. The fraction of sp³-hybridized carbons (Fsp3) is 0.500. The Labute approximate surface area is 153 Å². The van der Waals surface area contributed by atoms with E-state index in [-0.39, 0.29) is 42.2 Å². The number of nitrogens with one attached hydrogen (secondary N) is 2. The largest absolute Gasteiger partial charge is 0.347 e. The third-order valence-corrected chi connectivity index (χ3v) is 3.68. The number of likely N-dealkylation sites (tertiary alicyclic amines) is 1. The normalized spacial score (nSPS) is 18.1. The van der Waals surface area contributed by atoms with Gasteiger partial charge in [-0.05, 0) is 37.0 Å². The monoisotopic (exact) mass is 434 g/mol. The number of amides is 1. The summed E-state index contributed by atoms with van der Waals surface area (Å²) in [6, 6.07) is 5.85. The second-order valence-corrected chi connectivity index (χ2v) is 5.65. The highest BCUT2D eigenvalue weighted by atomic mass is 127. The second kappa shape index (κ2) is 9.69. The molecule has 128 valence electrons. The number of hydrogen-bond acceptors (Lipinski definition) is 2. The van der Waals surface area contributed by atoms with E-state index < -0.39 is 0 Å². The Morgan fingerprint density at radius 1 is 1.48 bits per heavy atom. The number of hydrogen-bond donors (Lipinski definition) is 2. The number of carbonyl (C=O) groups excluding carboxylic acids is 1. The van der Waals surface area contributed by atoms with Crippen LogP contribution in [0.2, 0.25) is 0 Å². The number of halogens is 2. The summed E-state index contributed by atoms with van der Waals surface area (Å²) in [4.78, 5) is 18.3. The molecule has 23 heavy (non-hydrogen) atoms. The minimum Gasteiger partial charge on any atom is -0.347 e. The lowest BCUT2D eigenvalue weighted by atomic mass is 10.0. The molecule has 0 saturated carbocycles. The molecular formula is C16H24FIN4O. The number of aliphatic imine (C=N–C) groups is 1. The van der Waals surface area contributed by atoms with Crippen molar-refractivity contribution in [2.75, 3.05) is 32.0 Å². The van der Waals surface area contributed by atoms with Crippen LogP contribution in [0.25, 0.3) is 0 Å². The quantitative estimate of drug-likeness (QED) is 0.437. The van der Waals surface area contributed by atoms with Crippen LogP contribution in [0.1, 0.15) is 19.8 Å². The van der Waals surface area contributed by atoms with Gasteiger partial charge in [0.1, 0.15) is 5.82 Å². The molecular weight excluding hydrogens is 410 g/mol. The Morgan fingerprint density at radius 2 is 2.26 bits per heavy atom. The smallest absolute Gasteiger partial charge is 0.243 e. The topological polar surface area (TPSA) is 56.7 Å². The molecule has 1 aliphatic rings. The summed E-state index contributed by atoms with van der Waals surface area (Å²) in [5.41, 5.74) is 0.452. The fourth-order valence-electron chi connectivity index (χ4n) is 2.64. The van der Waals surface area contributed by atoms with Gasteiger partial charge in [0.2, 0.25) is 5.91 Å². The van der Waals surface area contributed by atoms with E-state index in [0.29, 0.717) is 11.6 Å². The van der Waals surface area contributed by atoms with E-state index in [1.54, 1.807) is 19.2 Å². The molecule has 5 nitrogen and oxygen atoms in total. The lowest BCUT2D eigenvalue weighted by molar-refractivity contribution is -0.115. The maximum Gasteiger partial charge on any atom is 0.243 e. The van der Waals surface area contributed by atoms with Gasteiger partial charge in [-0.15, -0.1) is 24.0 Å². The van der Waals surface area contributed by atoms with E-state index in [1.165, 1.54) is 18.6 Å². The Bertz CT molecular complexity index is 553. The van der Waals surface area contributed by atoms with Crippen molar-refractivity contribution < 1.29 is 9.18 Å². The molecule has 2 rings (SSSR count). The molecule has 1 aromatic carbocycles. The molecule has 1 aromatic rings. The van der Waals surface area contributed by atoms with Gasteiger partial charge in [0.25, 0.3) is 0 Å². The number of nitrogens with zero attached hydrogens (tertiary/aromatic N) is 2. The first-order valence-corrected chi connectivity index (χ1v) is 7.59. The molecule has 1 amide bonds. The molecule has 1 fully saturated rings. The third kappa shape index (κ3) is 6.32. The predicted octanol–water partition coefficient (Wildman–Crippen LogP) is 2.69. The summed E-state index contributed by atoms with van der Waals surface area (Å²) >= 11 is 0. The van der Waals surface area contributed by atoms with Crippen LogP contribution >= 0.6 is 24.0 Å². The molecule has 0 bridgehead atoms.